The van der Waals surface area contributed by atoms with Crippen LogP contribution in [0.1, 0.15) is 32.3 Å². The van der Waals surface area contributed by atoms with Crippen LogP contribution in [0.4, 0.5) is 11.6 Å². The van der Waals surface area contributed by atoms with Crippen molar-refractivity contribution in [3.05, 3.63) is 58.1 Å². The predicted octanol–water partition coefficient (Wildman–Crippen LogP) is 6.11. The number of aromatic nitrogens is 2. The van der Waals surface area contributed by atoms with E-state index in [-0.39, 0.29) is 0 Å². The topological polar surface area (TPSA) is 44.3 Å². The van der Waals surface area contributed by atoms with Crippen molar-refractivity contribution in [3.63, 3.8) is 0 Å². The van der Waals surface area contributed by atoms with Crippen molar-refractivity contribution in [1.29, 1.82) is 0 Å². The van der Waals surface area contributed by atoms with Crippen molar-refractivity contribution in [2.45, 2.75) is 33.2 Å². The zero-order chi connectivity index (χ0) is 22.5. The van der Waals surface area contributed by atoms with E-state index in [1.807, 2.05) is 42.5 Å². The number of nitrogens with zero attached hydrogens (tertiary/aromatic N) is 4. The van der Waals surface area contributed by atoms with Crippen LogP contribution in [-0.2, 0) is 6.54 Å². The monoisotopic (exact) mass is 471 g/mol. The van der Waals surface area contributed by atoms with Crippen molar-refractivity contribution < 1.29 is 0 Å². The summed E-state index contributed by atoms with van der Waals surface area (Å²) in [5.41, 5.74) is 2.94. The molecule has 0 unspecified atom stereocenters. The lowest BCUT2D eigenvalue weighted by Gasteiger charge is -2.36. The Morgan fingerprint density at radius 1 is 0.938 bits per heavy atom. The number of nitrogens with one attached hydrogen (secondary N) is 1. The molecule has 1 aliphatic rings. The van der Waals surface area contributed by atoms with E-state index in [0.717, 1.165) is 90.4 Å². The van der Waals surface area contributed by atoms with Gasteiger partial charge in [-0.05, 0) is 41.8 Å². The Morgan fingerprint density at radius 3 is 2.31 bits per heavy atom. The number of rotatable bonds is 8. The van der Waals surface area contributed by atoms with Gasteiger partial charge in [0.05, 0.1) is 11.0 Å². The molecule has 1 aromatic heterocycles. The molecule has 0 saturated carbocycles. The highest BCUT2D eigenvalue weighted by atomic mass is 35.5. The van der Waals surface area contributed by atoms with Crippen molar-refractivity contribution >= 4 is 45.9 Å². The Kier molecular flexibility index (Phi) is 7.71. The van der Waals surface area contributed by atoms with Gasteiger partial charge in [0.25, 0.3) is 0 Å². The summed E-state index contributed by atoms with van der Waals surface area (Å²) in [5.74, 6) is 2.48. The van der Waals surface area contributed by atoms with Gasteiger partial charge in [0.15, 0.2) is 11.6 Å². The fraction of sp³-hybridized carbons (Fsp3) is 0.440. The van der Waals surface area contributed by atoms with Crippen LogP contribution in [0.5, 0.6) is 0 Å². The van der Waals surface area contributed by atoms with E-state index >= 15 is 0 Å². The number of hydrogen-bond donors (Lipinski definition) is 1. The van der Waals surface area contributed by atoms with E-state index < -0.39 is 0 Å². The van der Waals surface area contributed by atoms with Gasteiger partial charge in [0, 0.05) is 49.3 Å². The maximum absolute atomic E-state index is 6.38. The largest absolute Gasteiger partial charge is 0.367 e. The lowest BCUT2D eigenvalue weighted by Crippen LogP contribution is -2.46. The molecule has 170 valence electrons. The minimum Gasteiger partial charge on any atom is -0.367 e. The molecule has 2 heterocycles. The highest BCUT2D eigenvalue weighted by Gasteiger charge is 2.23. The van der Waals surface area contributed by atoms with Crippen LogP contribution < -0.4 is 10.2 Å². The summed E-state index contributed by atoms with van der Waals surface area (Å²) >= 11 is 12.5. The summed E-state index contributed by atoms with van der Waals surface area (Å²) in [7, 11) is 0. The second-order valence-corrected chi connectivity index (χ2v) is 9.29. The number of hydrogen-bond acceptors (Lipinski definition) is 5. The second-order valence-electron chi connectivity index (χ2n) is 8.45. The van der Waals surface area contributed by atoms with Crippen LogP contribution in [0.25, 0.3) is 11.0 Å². The van der Waals surface area contributed by atoms with Gasteiger partial charge in [0.1, 0.15) is 0 Å². The van der Waals surface area contributed by atoms with Crippen molar-refractivity contribution in [2.75, 3.05) is 42.9 Å². The Labute approximate surface area is 200 Å². The van der Waals surface area contributed by atoms with Crippen LogP contribution >= 0.6 is 23.2 Å². The number of piperazine rings is 1. The summed E-state index contributed by atoms with van der Waals surface area (Å²) in [5, 5.41) is 5.10. The van der Waals surface area contributed by atoms with Crippen LogP contribution in [0.15, 0.2) is 42.5 Å². The highest BCUT2D eigenvalue weighted by Crippen LogP contribution is 2.28. The van der Waals surface area contributed by atoms with Gasteiger partial charge in [-0.1, -0.05) is 62.0 Å². The quantitative estimate of drug-likeness (QED) is 0.429. The van der Waals surface area contributed by atoms with Gasteiger partial charge in [-0.2, -0.15) is 0 Å². The van der Waals surface area contributed by atoms with E-state index in [1.165, 1.54) is 0 Å². The van der Waals surface area contributed by atoms with Gasteiger partial charge in [-0.15, -0.1) is 0 Å². The van der Waals surface area contributed by atoms with Crippen molar-refractivity contribution in [1.82, 2.24) is 14.9 Å². The van der Waals surface area contributed by atoms with E-state index in [0.29, 0.717) is 5.92 Å². The zero-order valence-electron chi connectivity index (χ0n) is 18.8. The smallest absolute Gasteiger partial charge is 0.172 e. The molecule has 0 bridgehead atoms. The summed E-state index contributed by atoms with van der Waals surface area (Å²) in [6.45, 7) is 9.86. The Bertz CT molecular complexity index is 1050. The molecule has 0 atom stereocenters. The minimum absolute atomic E-state index is 0.635. The first kappa shape index (κ1) is 23.1. The zero-order valence-corrected chi connectivity index (χ0v) is 20.3. The van der Waals surface area contributed by atoms with Crippen molar-refractivity contribution in [2.24, 2.45) is 5.92 Å². The summed E-state index contributed by atoms with van der Waals surface area (Å²) in [6, 6.07) is 13.8. The van der Waals surface area contributed by atoms with Crippen LogP contribution in [0, 0.1) is 5.92 Å². The molecule has 1 N–H and O–H groups in total. The average Bonchev–Trinajstić information content (AvgIpc) is 2.82. The molecule has 0 spiro atoms. The van der Waals surface area contributed by atoms with E-state index in [1.54, 1.807) is 0 Å². The van der Waals surface area contributed by atoms with Gasteiger partial charge >= 0.3 is 0 Å². The summed E-state index contributed by atoms with van der Waals surface area (Å²) in [6.07, 6.45) is 2.31. The lowest BCUT2D eigenvalue weighted by atomic mass is 10.0. The molecule has 1 aliphatic heterocycles. The van der Waals surface area contributed by atoms with E-state index in [2.05, 4.69) is 29.0 Å². The van der Waals surface area contributed by atoms with Crippen LogP contribution in [0.2, 0.25) is 10.0 Å². The summed E-state index contributed by atoms with van der Waals surface area (Å²) in [4.78, 5) is 14.7. The standard InChI is InChI=1S/C25H31Cl2N5/c1-3-18(4-2)16-28-24-25(30-23-8-6-5-7-22(23)29-24)32-13-11-31(12-14-32)17-19-15-20(26)9-10-21(19)27/h5-10,15,18H,3-4,11-14,16-17H2,1-2H3,(H,28,29). The number of para-hydroxylation sites is 2. The molecule has 5 nitrogen and oxygen atoms in total. The van der Waals surface area contributed by atoms with E-state index in [9.17, 15) is 0 Å². The van der Waals surface area contributed by atoms with E-state index in [4.69, 9.17) is 33.2 Å². The molecule has 1 fully saturated rings. The molecular weight excluding hydrogens is 441 g/mol. The number of fused-ring (bicyclic) bond motifs is 1. The number of halogens is 2. The number of benzene rings is 2. The fourth-order valence-electron chi connectivity index (χ4n) is 4.17. The molecule has 0 radical (unpaired) electrons. The third-order valence-electron chi connectivity index (χ3n) is 6.34. The average molecular weight is 472 g/mol. The van der Waals surface area contributed by atoms with Crippen LogP contribution in [-0.4, -0.2) is 47.6 Å². The highest BCUT2D eigenvalue weighted by molar-refractivity contribution is 6.33. The first-order valence-corrected chi connectivity index (χ1v) is 12.2. The molecule has 0 aliphatic carbocycles. The molecule has 1 saturated heterocycles. The SMILES string of the molecule is CCC(CC)CNc1nc2ccccc2nc1N1CCN(Cc2cc(Cl)ccc2Cl)CC1. The maximum Gasteiger partial charge on any atom is 0.172 e. The Morgan fingerprint density at radius 2 is 1.62 bits per heavy atom. The fourth-order valence-corrected chi connectivity index (χ4v) is 4.54. The summed E-state index contributed by atoms with van der Waals surface area (Å²) < 4.78 is 0. The third-order valence-corrected chi connectivity index (χ3v) is 6.94. The molecule has 32 heavy (non-hydrogen) atoms. The second kappa shape index (κ2) is 10.7. The molecule has 3 aromatic rings. The van der Waals surface area contributed by atoms with Crippen LogP contribution in [0.3, 0.4) is 0 Å². The third kappa shape index (κ3) is 5.45. The first-order valence-electron chi connectivity index (χ1n) is 11.5. The molecule has 7 heteroatoms. The normalized spacial score (nSPS) is 15.0. The molecule has 0 amide bonds. The molecular formula is C25H31Cl2N5. The predicted molar refractivity (Wildman–Crippen MR) is 136 cm³/mol. The Hall–Kier alpha value is -2.08. The van der Waals surface area contributed by atoms with Gasteiger partial charge in [-0.25, -0.2) is 9.97 Å². The minimum atomic E-state index is 0.635. The Balaban J connectivity index is 1.50. The lowest BCUT2D eigenvalue weighted by molar-refractivity contribution is 0.249. The maximum atomic E-state index is 6.38. The van der Waals surface area contributed by atoms with Gasteiger partial charge < -0.3 is 10.2 Å². The molecule has 4 rings (SSSR count). The first-order chi connectivity index (χ1) is 15.6. The van der Waals surface area contributed by atoms with Gasteiger partial charge in [-0.3, -0.25) is 4.90 Å². The molecule has 2 aromatic carbocycles. The number of anilines is 2. The van der Waals surface area contributed by atoms with Crippen molar-refractivity contribution in [3.8, 4) is 0 Å². The van der Waals surface area contributed by atoms with Gasteiger partial charge in [0.2, 0.25) is 0 Å².